The van der Waals surface area contributed by atoms with Gasteiger partial charge < -0.3 is 14.4 Å². The van der Waals surface area contributed by atoms with Crippen LogP contribution in [-0.4, -0.2) is 30.2 Å². The van der Waals surface area contributed by atoms with Crippen molar-refractivity contribution in [2.24, 2.45) is 0 Å². The highest BCUT2D eigenvalue weighted by Gasteiger charge is 2.41. The predicted molar refractivity (Wildman–Crippen MR) is 83.5 cm³/mol. The fraction of sp³-hybridized carbons (Fsp3) is 0.412. The number of rotatable bonds is 3. The number of aromatic nitrogens is 2. The number of hydrogen-bond acceptors (Lipinski definition) is 5. The second-order valence-corrected chi connectivity index (χ2v) is 5.80. The Bertz CT molecular complexity index is 687. The Morgan fingerprint density at radius 2 is 1.91 bits per heavy atom. The van der Waals surface area contributed by atoms with E-state index in [1.165, 1.54) is 12.1 Å². The van der Waals surface area contributed by atoms with E-state index in [1.807, 2.05) is 12.1 Å². The third-order valence-corrected chi connectivity index (χ3v) is 4.68. The molecule has 1 fully saturated rings. The van der Waals surface area contributed by atoms with Crippen LogP contribution in [0, 0.1) is 0 Å². The molecule has 0 N–H and O–H groups in total. The van der Waals surface area contributed by atoms with Crippen LogP contribution in [0.25, 0.3) is 0 Å². The lowest BCUT2D eigenvalue weighted by Gasteiger charge is -2.37. The van der Waals surface area contributed by atoms with Crippen molar-refractivity contribution in [2.45, 2.75) is 31.3 Å². The van der Waals surface area contributed by atoms with Crippen molar-refractivity contribution in [3.63, 3.8) is 0 Å². The minimum Gasteiger partial charge on any atom is -0.497 e. The molecule has 1 saturated heterocycles. The van der Waals surface area contributed by atoms with Gasteiger partial charge in [0.15, 0.2) is 0 Å². The molecule has 5 nitrogen and oxygen atoms in total. The summed E-state index contributed by atoms with van der Waals surface area (Å²) in [5.74, 6) is 1.49. The van der Waals surface area contributed by atoms with Crippen LogP contribution in [0.15, 0.2) is 30.5 Å². The summed E-state index contributed by atoms with van der Waals surface area (Å²) in [4.78, 5) is 11.7. The Labute approximate surface area is 129 Å². The molecule has 2 aromatic rings. The third kappa shape index (κ3) is 2.00. The second kappa shape index (κ2) is 5.16. The molecule has 0 radical (unpaired) electrons. The third-order valence-electron chi connectivity index (χ3n) is 4.68. The van der Waals surface area contributed by atoms with Gasteiger partial charge in [0.1, 0.15) is 5.75 Å². The zero-order valence-electron chi connectivity index (χ0n) is 12.8. The highest BCUT2D eigenvalue weighted by atomic mass is 16.5. The van der Waals surface area contributed by atoms with Crippen LogP contribution < -0.4 is 14.4 Å². The number of nitrogens with zero attached hydrogens (tertiary/aromatic N) is 3. The van der Waals surface area contributed by atoms with Crippen LogP contribution in [0.2, 0.25) is 0 Å². The van der Waals surface area contributed by atoms with E-state index in [0.29, 0.717) is 18.0 Å². The lowest BCUT2D eigenvalue weighted by atomic mass is 10.0. The summed E-state index contributed by atoms with van der Waals surface area (Å²) in [6, 6.07) is 9.11. The van der Waals surface area contributed by atoms with Gasteiger partial charge in [0.2, 0.25) is 5.88 Å². The van der Waals surface area contributed by atoms with Gasteiger partial charge in [0.25, 0.3) is 0 Å². The van der Waals surface area contributed by atoms with Crippen molar-refractivity contribution in [3.8, 4) is 11.6 Å². The van der Waals surface area contributed by atoms with E-state index in [2.05, 4.69) is 27.0 Å². The Morgan fingerprint density at radius 3 is 2.64 bits per heavy atom. The monoisotopic (exact) mass is 297 g/mol. The summed E-state index contributed by atoms with van der Waals surface area (Å²) in [6.45, 7) is 0. The SMILES string of the molecule is COc1ccc(N2C3CCC2c2ncc(OC)nc2C3)cc1. The molecule has 0 saturated carbocycles. The predicted octanol–water partition coefficient (Wildman–Crippen LogP) is 2.76. The van der Waals surface area contributed by atoms with Crippen LogP contribution in [0.5, 0.6) is 11.6 Å². The standard InChI is InChI=1S/C17H19N3O2/c1-21-13-6-3-11(4-7-13)20-12-5-8-15(20)17-14(9-12)19-16(22-2)10-18-17/h3-4,6-7,10,12,15H,5,8-9H2,1-2H3. The summed E-state index contributed by atoms with van der Waals surface area (Å²) in [5.41, 5.74) is 3.43. The van der Waals surface area contributed by atoms with Crippen molar-refractivity contribution in [3.05, 3.63) is 41.9 Å². The fourth-order valence-corrected chi connectivity index (χ4v) is 3.67. The highest BCUT2D eigenvalue weighted by Crippen LogP contribution is 2.45. The van der Waals surface area contributed by atoms with E-state index in [-0.39, 0.29) is 0 Å². The van der Waals surface area contributed by atoms with E-state index >= 15 is 0 Å². The Balaban J connectivity index is 1.70. The van der Waals surface area contributed by atoms with Crippen LogP contribution in [-0.2, 0) is 6.42 Å². The van der Waals surface area contributed by atoms with Crippen LogP contribution >= 0.6 is 0 Å². The largest absolute Gasteiger partial charge is 0.497 e. The zero-order valence-corrected chi connectivity index (χ0v) is 12.8. The van der Waals surface area contributed by atoms with E-state index in [4.69, 9.17) is 9.47 Å². The normalized spacial score (nSPS) is 22.4. The number of benzene rings is 1. The molecule has 1 aromatic carbocycles. The molecule has 114 valence electrons. The maximum Gasteiger partial charge on any atom is 0.232 e. The minimum absolute atomic E-state index is 0.320. The molecule has 2 atom stereocenters. The molecular weight excluding hydrogens is 278 g/mol. The van der Waals surface area contributed by atoms with Crippen molar-refractivity contribution >= 4 is 5.69 Å². The number of hydrogen-bond donors (Lipinski definition) is 0. The molecular formula is C17H19N3O2. The number of ether oxygens (including phenoxy) is 2. The Hall–Kier alpha value is -2.30. The molecule has 3 heterocycles. The highest BCUT2D eigenvalue weighted by molar-refractivity contribution is 5.55. The van der Waals surface area contributed by atoms with Gasteiger partial charge in [-0.1, -0.05) is 0 Å². The van der Waals surface area contributed by atoms with Gasteiger partial charge in [0, 0.05) is 18.2 Å². The fourth-order valence-electron chi connectivity index (χ4n) is 3.67. The van der Waals surface area contributed by atoms with Gasteiger partial charge in [-0.05, 0) is 37.1 Å². The molecule has 0 amide bonds. The Kier molecular flexibility index (Phi) is 3.13. The van der Waals surface area contributed by atoms with E-state index in [9.17, 15) is 0 Å². The first-order valence-corrected chi connectivity index (χ1v) is 7.62. The van der Waals surface area contributed by atoms with Crippen LogP contribution in [0.3, 0.4) is 0 Å². The molecule has 22 heavy (non-hydrogen) atoms. The van der Waals surface area contributed by atoms with Gasteiger partial charge in [-0.3, -0.25) is 4.98 Å². The van der Waals surface area contributed by atoms with Gasteiger partial charge in [-0.2, -0.15) is 0 Å². The smallest absolute Gasteiger partial charge is 0.232 e. The summed E-state index contributed by atoms with van der Waals surface area (Å²) < 4.78 is 10.5. The maximum absolute atomic E-state index is 5.25. The summed E-state index contributed by atoms with van der Waals surface area (Å²) in [5, 5.41) is 0. The van der Waals surface area contributed by atoms with E-state index < -0.39 is 0 Å². The van der Waals surface area contributed by atoms with Crippen LogP contribution in [0.1, 0.15) is 30.3 Å². The van der Waals surface area contributed by atoms with Gasteiger partial charge in [-0.25, -0.2) is 4.98 Å². The van der Waals surface area contributed by atoms with Gasteiger partial charge >= 0.3 is 0 Å². The zero-order chi connectivity index (χ0) is 15.1. The van der Waals surface area contributed by atoms with Crippen molar-refractivity contribution < 1.29 is 9.47 Å². The summed E-state index contributed by atoms with van der Waals surface area (Å²) >= 11 is 0. The average molecular weight is 297 g/mol. The van der Waals surface area contributed by atoms with Crippen LogP contribution in [0.4, 0.5) is 5.69 Å². The summed E-state index contributed by atoms with van der Waals surface area (Å²) in [7, 11) is 3.33. The van der Waals surface area contributed by atoms with Gasteiger partial charge in [0.05, 0.1) is 37.8 Å². The molecule has 2 bridgehead atoms. The van der Waals surface area contributed by atoms with Gasteiger partial charge in [-0.15, -0.1) is 0 Å². The maximum atomic E-state index is 5.25. The lowest BCUT2D eigenvalue weighted by molar-refractivity contribution is 0.390. The number of anilines is 1. The van der Waals surface area contributed by atoms with E-state index in [1.54, 1.807) is 20.4 Å². The van der Waals surface area contributed by atoms with Crippen molar-refractivity contribution in [1.82, 2.24) is 9.97 Å². The first-order valence-electron chi connectivity index (χ1n) is 7.62. The molecule has 0 spiro atoms. The minimum atomic E-state index is 0.320. The van der Waals surface area contributed by atoms with E-state index in [0.717, 1.165) is 30.0 Å². The molecule has 2 aliphatic heterocycles. The van der Waals surface area contributed by atoms with Crippen molar-refractivity contribution in [1.29, 1.82) is 0 Å². The molecule has 2 unspecified atom stereocenters. The average Bonchev–Trinajstić information content (AvgIpc) is 2.89. The second-order valence-electron chi connectivity index (χ2n) is 5.80. The number of fused-ring (bicyclic) bond motifs is 4. The first kappa shape index (κ1) is 13.4. The number of methoxy groups -OCH3 is 2. The first-order chi connectivity index (χ1) is 10.8. The Morgan fingerprint density at radius 1 is 1.09 bits per heavy atom. The molecule has 1 aromatic heterocycles. The molecule has 4 rings (SSSR count). The van der Waals surface area contributed by atoms with Crippen molar-refractivity contribution in [2.75, 3.05) is 19.1 Å². The molecule has 2 aliphatic rings. The quantitative estimate of drug-likeness (QED) is 0.872. The lowest BCUT2D eigenvalue weighted by Crippen LogP contribution is -2.38. The summed E-state index contributed by atoms with van der Waals surface area (Å²) in [6.07, 6.45) is 4.97. The topological polar surface area (TPSA) is 47.5 Å². The molecule has 5 heteroatoms. The molecule has 0 aliphatic carbocycles.